The molecule has 6 aromatic carbocycles. The van der Waals surface area contributed by atoms with Crippen LogP contribution in [0.4, 0.5) is 11.4 Å². The second-order valence-corrected chi connectivity index (χ2v) is 20.0. The molecule has 0 saturated carbocycles. The maximum Gasteiger partial charge on any atom is 0.135 e. The van der Waals surface area contributed by atoms with E-state index in [2.05, 4.69) is 236 Å². The molecule has 328 valence electrons. The fraction of sp³-hybridized carbons (Fsp3) is 0.241. The van der Waals surface area contributed by atoms with E-state index in [-0.39, 0.29) is 42.7 Å². The van der Waals surface area contributed by atoms with E-state index in [0.29, 0.717) is 11.5 Å². The van der Waals surface area contributed by atoms with Crippen molar-refractivity contribution in [3.63, 3.8) is 0 Å². The molecule has 9 rings (SSSR count). The van der Waals surface area contributed by atoms with Gasteiger partial charge in [0.1, 0.15) is 5.82 Å². The van der Waals surface area contributed by atoms with E-state index in [1.165, 1.54) is 27.8 Å². The molecule has 0 bridgehead atoms. The van der Waals surface area contributed by atoms with Gasteiger partial charge < -0.3 is 19.1 Å². The van der Waals surface area contributed by atoms with Crippen molar-refractivity contribution in [2.24, 2.45) is 0 Å². The summed E-state index contributed by atoms with van der Waals surface area (Å²) in [7, 11) is 0. The van der Waals surface area contributed by atoms with Crippen LogP contribution in [0, 0.1) is 18.8 Å². The van der Waals surface area contributed by atoms with E-state index in [1.54, 1.807) is 0 Å². The number of allylic oxidation sites excluding steroid dienone is 1. The quantitative estimate of drug-likeness (QED) is 0.135. The summed E-state index contributed by atoms with van der Waals surface area (Å²) in [4.78, 5) is 9.47. The van der Waals surface area contributed by atoms with Gasteiger partial charge in [-0.3, -0.25) is 0 Å². The predicted molar refractivity (Wildman–Crippen MR) is 262 cm³/mol. The van der Waals surface area contributed by atoms with Gasteiger partial charge in [0.15, 0.2) is 0 Å². The second-order valence-electron chi connectivity index (χ2n) is 20.0. The van der Waals surface area contributed by atoms with Crippen LogP contribution >= 0.6 is 0 Å². The van der Waals surface area contributed by atoms with Crippen LogP contribution in [0.25, 0.3) is 27.6 Å². The smallest absolute Gasteiger partial charge is 0.135 e. The number of pyridine rings is 1. The molecule has 3 heterocycles. The Balaban J connectivity index is 0.00000560. The molecular formula is C58H57N4OPt-3. The van der Waals surface area contributed by atoms with Gasteiger partial charge in [0.2, 0.25) is 0 Å². The monoisotopic (exact) mass is 1020 g/mol. The van der Waals surface area contributed by atoms with Gasteiger partial charge in [-0.2, -0.15) is 12.1 Å². The van der Waals surface area contributed by atoms with Crippen LogP contribution in [-0.4, -0.2) is 9.55 Å². The Labute approximate surface area is 394 Å². The zero-order chi connectivity index (χ0) is 44.3. The maximum absolute atomic E-state index is 6.70. The molecule has 0 unspecified atom stereocenters. The normalized spacial score (nSPS) is 13.6. The molecule has 2 aromatic heterocycles. The number of fused-ring (bicyclic) bond motifs is 3. The molecule has 0 radical (unpaired) electrons. The van der Waals surface area contributed by atoms with Crippen molar-refractivity contribution in [3.05, 3.63) is 210 Å². The van der Waals surface area contributed by atoms with Gasteiger partial charge in [0.25, 0.3) is 0 Å². The van der Waals surface area contributed by atoms with Gasteiger partial charge in [-0.1, -0.05) is 160 Å². The first kappa shape index (κ1) is 44.7. The van der Waals surface area contributed by atoms with E-state index in [1.807, 2.05) is 24.4 Å². The minimum absolute atomic E-state index is 0. The maximum atomic E-state index is 6.70. The van der Waals surface area contributed by atoms with Gasteiger partial charge >= 0.3 is 0 Å². The van der Waals surface area contributed by atoms with Gasteiger partial charge in [-0.05, 0) is 80.6 Å². The van der Waals surface area contributed by atoms with Crippen molar-refractivity contribution in [1.82, 2.24) is 9.55 Å². The Bertz CT molecular complexity index is 2990. The first-order valence-electron chi connectivity index (χ1n) is 22.0. The number of hydrogen-bond donors (Lipinski definition) is 0. The van der Waals surface area contributed by atoms with Crippen molar-refractivity contribution < 1.29 is 25.8 Å². The number of aromatic nitrogens is 2. The van der Waals surface area contributed by atoms with Crippen LogP contribution in [0.1, 0.15) is 97.1 Å². The molecular weight excluding hydrogens is 964 g/mol. The average molecular weight is 1020 g/mol. The minimum atomic E-state index is -0.305. The Hall–Kier alpha value is -5.90. The standard InChI is InChI=1S/C58H57N4O.Pt/c1-55(2,3)42-23-17-25-46(33-42)61-39-60(38-53(61)58(9,10)41-21-15-12-16-22-41)45-24-18-26-47(36-45)63-48-28-29-49-50-34-43(56(4,5)6)27-30-51(50)62(52(49)37-48)54-35-44(31-32-59-54)57(7,8)40-19-13-11-14-20-40;/h11-35,38-39H,1-10H3;/q-3;. The van der Waals surface area contributed by atoms with Crippen LogP contribution < -0.4 is 14.5 Å². The predicted octanol–water partition coefficient (Wildman–Crippen LogP) is 14.8. The first-order valence-corrected chi connectivity index (χ1v) is 22.0. The molecule has 1 aliphatic heterocycles. The molecule has 64 heavy (non-hydrogen) atoms. The third kappa shape index (κ3) is 8.43. The molecule has 0 N–H and O–H groups in total. The third-order valence-corrected chi connectivity index (χ3v) is 12.8. The molecule has 0 fully saturated rings. The van der Waals surface area contributed by atoms with Gasteiger partial charge in [0.05, 0.1) is 0 Å². The molecule has 0 atom stereocenters. The van der Waals surface area contributed by atoms with Crippen LogP contribution in [0.15, 0.2) is 164 Å². The summed E-state index contributed by atoms with van der Waals surface area (Å²) in [5, 5.41) is 2.25. The zero-order valence-electron chi connectivity index (χ0n) is 38.6. The Morgan fingerprint density at radius 2 is 1.16 bits per heavy atom. The van der Waals surface area contributed by atoms with Crippen molar-refractivity contribution in [1.29, 1.82) is 0 Å². The van der Waals surface area contributed by atoms with Crippen molar-refractivity contribution >= 4 is 33.2 Å². The zero-order valence-corrected chi connectivity index (χ0v) is 40.9. The average Bonchev–Trinajstić information content (AvgIpc) is 3.87. The summed E-state index contributed by atoms with van der Waals surface area (Å²) in [5.74, 6) is 2.04. The van der Waals surface area contributed by atoms with Gasteiger partial charge in [0, 0.05) is 66.5 Å². The van der Waals surface area contributed by atoms with Crippen molar-refractivity contribution in [3.8, 4) is 17.3 Å². The number of anilines is 2. The SMILES string of the molecule is CC(C)(C)c1cccc(N2[CH-]N(c3[c-]c(Oc4[c-]c5c(cc4)c4cc(C(C)(C)C)ccc4n5-c4cc(C(C)(C)c5ccccc5)ccn4)ccc3)C=C2C(C)(C)c2ccccc2)c1.[Pt]. The van der Waals surface area contributed by atoms with Crippen LogP contribution in [0.2, 0.25) is 0 Å². The topological polar surface area (TPSA) is 33.5 Å². The molecule has 0 amide bonds. The van der Waals surface area contributed by atoms with Crippen molar-refractivity contribution in [2.45, 2.75) is 90.9 Å². The minimum Gasteiger partial charge on any atom is -0.509 e. The summed E-state index contributed by atoms with van der Waals surface area (Å²) in [6.45, 7) is 24.9. The second kappa shape index (κ2) is 16.9. The summed E-state index contributed by atoms with van der Waals surface area (Å²) in [6.07, 6.45) is 4.16. The van der Waals surface area contributed by atoms with Crippen LogP contribution in [0.5, 0.6) is 11.5 Å². The number of ether oxygens (including phenoxy) is 1. The summed E-state index contributed by atoms with van der Waals surface area (Å²) in [6, 6.07) is 59.0. The summed E-state index contributed by atoms with van der Waals surface area (Å²) < 4.78 is 8.93. The molecule has 5 nitrogen and oxygen atoms in total. The number of rotatable bonds is 9. The first-order chi connectivity index (χ1) is 30.0. The molecule has 0 spiro atoms. The van der Waals surface area contributed by atoms with E-state index in [0.717, 1.165) is 44.7 Å². The fourth-order valence-corrected chi connectivity index (χ4v) is 8.74. The van der Waals surface area contributed by atoms with E-state index in [9.17, 15) is 0 Å². The Morgan fingerprint density at radius 3 is 1.84 bits per heavy atom. The molecule has 6 heteroatoms. The summed E-state index contributed by atoms with van der Waals surface area (Å²) >= 11 is 0. The Kier molecular flexibility index (Phi) is 11.8. The molecule has 8 aromatic rings. The fourth-order valence-electron chi connectivity index (χ4n) is 8.74. The molecule has 0 aliphatic carbocycles. The van der Waals surface area contributed by atoms with Crippen LogP contribution in [-0.2, 0) is 42.7 Å². The molecule has 1 aliphatic rings. The van der Waals surface area contributed by atoms with E-state index >= 15 is 0 Å². The number of nitrogens with zero attached hydrogens (tertiary/aromatic N) is 4. The summed E-state index contributed by atoms with van der Waals surface area (Å²) in [5.41, 5.74) is 10.8. The number of benzene rings is 6. The van der Waals surface area contributed by atoms with Crippen molar-refractivity contribution in [2.75, 3.05) is 9.80 Å². The van der Waals surface area contributed by atoms with E-state index in [4.69, 9.17) is 9.72 Å². The molecule has 0 saturated heterocycles. The largest absolute Gasteiger partial charge is 0.509 e. The van der Waals surface area contributed by atoms with Gasteiger partial charge in [-0.25, -0.2) is 4.98 Å². The van der Waals surface area contributed by atoms with Gasteiger partial charge in [-0.15, -0.1) is 48.1 Å². The van der Waals surface area contributed by atoms with Crippen LogP contribution in [0.3, 0.4) is 0 Å². The van der Waals surface area contributed by atoms with E-state index < -0.39 is 0 Å². The number of hydrogen-bond acceptors (Lipinski definition) is 4. The Morgan fingerprint density at radius 1 is 0.531 bits per heavy atom. The third-order valence-electron chi connectivity index (χ3n) is 12.8.